The molecule has 2 amide bonds. The summed E-state index contributed by atoms with van der Waals surface area (Å²) < 4.78 is 0. The standard InChI is InChI=1S/C20H20N4O2/c1-15(25)23-9-11-24(12-10-23)19-8-3-2-7-18(19)22-20(26)17-6-4-5-16(13-17)14-21/h2-8,13H,9-12H2,1H3,(H,22,26). The second-order valence-electron chi connectivity index (χ2n) is 6.16. The van der Waals surface area contributed by atoms with Crippen LogP contribution in [-0.2, 0) is 4.79 Å². The molecule has 0 spiro atoms. The second kappa shape index (κ2) is 7.70. The lowest BCUT2D eigenvalue weighted by Gasteiger charge is -2.36. The molecule has 6 nitrogen and oxygen atoms in total. The fourth-order valence-electron chi connectivity index (χ4n) is 3.04. The van der Waals surface area contributed by atoms with Crippen LogP contribution in [0.1, 0.15) is 22.8 Å². The van der Waals surface area contributed by atoms with Crippen LogP contribution in [0.5, 0.6) is 0 Å². The minimum Gasteiger partial charge on any atom is -0.366 e. The van der Waals surface area contributed by atoms with Crippen molar-refractivity contribution in [2.45, 2.75) is 6.92 Å². The highest BCUT2D eigenvalue weighted by Crippen LogP contribution is 2.27. The van der Waals surface area contributed by atoms with Crippen LogP contribution < -0.4 is 10.2 Å². The Bertz CT molecular complexity index is 864. The number of nitrogens with one attached hydrogen (secondary N) is 1. The summed E-state index contributed by atoms with van der Waals surface area (Å²) in [5.41, 5.74) is 2.54. The fraction of sp³-hybridized carbons (Fsp3) is 0.250. The number of carbonyl (C=O) groups excluding carboxylic acids is 2. The highest BCUT2D eigenvalue weighted by atomic mass is 16.2. The van der Waals surface area contributed by atoms with Crippen molar-refractivity contribution in [3.8, 4) is 6.07 Å². The zero-order valence-electron chi connectivity index (χ0n) is 14.6. The lowest BCUT2D eigenvalue weighted by atomic mass is 10.1. The number of para-hydroxylation sites is 2. The van der Waals surface area contributed by atoms with Crippen LogP contribution in [0.4, 0.5) is 11.4 Å². The van der Waals surface area contributed by atoms with Gasteiger partial charge in [0.05, 0.1) is 23.0 Å². The van der Waals surface area contributed by atoms with E-state index in [0.717, 1.165) is 24.5 Å². The van der Waals surface area contributed by atoms with Gasteiger partial charge in [0, 0.05) is 38.7 Å². The van der Waals surface area contributed by atoms with Gasteiger partial charge < -0.3 is 15.1 Å². The van der Waals surface area contributed by atoms with Crippen LogP contribution in [0.3, 0.4) is 0 Å². The Kier molecular flexibility index (Phi) is 5.18. The molecule has 1 aliphatic heterocycles. The molecule has 26 heavy (non-hydrogen) atoms. The number of nitriles is 1. The van der Waals surface area contributed by atoms with E-state index in [1.165, 1.54) is 0 Å². The molecule has 1 aliphatic rings. The van der Waals surface area contributed by atoms with Crippen molar-refractivity contribution in [2.75, 3.05) is 36.4 Å². The van der Waals surface area contributed by atoms with Crippen molar-refractivity contribution in [3.05, 3.63) is 59.7 Å². The molecule has 0 atom stereocenters. The van der Waals surface area contributed by atoms with E-state index < -0.39 is 0 Å². The number of piperazine rings is 1. The van der Waals surface area contributed by atoms with Crippen LogP contribution in [0.25, 0.3) is 0 Å². The van der Waals surface area contributed by atoms with E-state index in [1.54, 1.807) is 31.2 Å². The van der Waals surface area contributed by atoms with Crippen molar-refractivity contribution >= 4 is 23.2 Å². The molecule has 0 aromatic heterocycles. The summed E-state index contributed by atoms with van der Waals surface area (Å²) in [6.07, 6.45) is 0. The number of amides is 2. The van der Waals surface area contributed by atoms with Gasteiger partial charge in [0.2, 0.25) is 5.91 Å². The summed E-state index contributed by atoms with van der Waals surface area (Å²) in [7, 11) is 0. The van der Waals surface area contributed by atoms with Gasteiger partial charge in [-0.15, -0.1) is 0 Å². The van der Waals surface area contributed by atoms with Crippen molar-refractivity contribution in [2.24, 2.45) is 0 Å². The van der Waals surface area contributed by atoms with Gasteiger partial charge >= 0.3 is 0 Å². The molecule has 0 bridgehead atoms. The molecule has 2 aromatic rings. The normalized spacial score (nSPS) is 13.8. The topological polar surface area (TPSA) is 76.4 Å². The summed E-state index contributed by atoms with van der Waals surface area (Å²) >= 11 is 0. The van der Waals surface area contributed by atoms with Crippen molar-refractivity contribution in [1.29, 1.82) is 5.26 Å². The van der Waals surface area contributed by atoms with Crippen molar-refractivity contribution in [3.63, 3.8) is 0 Å². The molecule has 1 fully saturated rings. The lowest BCUT2D eigenvalue weighted by Crippen LogP contribution is -2.48. The van der Waals surface area contributed by atoms with Crippen molar-refractivity contribution in [1.82, 2.24) is 4.90 Å². The lowest BCUT2D eigenvalue weighted by molar-refractivity contribution is -0.129. The Balaban J connectivity index is 1.76. The van der Waals surface area contributed by atoms with E-state index in [9.17, 15) is 9.59 Å². The summed E-state index contributed by atoms with van der Waals surface area (Å²) in [6, 6.07) is 16.3. The van der Waals surface area contributed by atoms with Crippen LogP contribution in [-0.4, -0.2) is 42.9 Å². The highest BCUT2D eigenvalue weighted by Gasteiger charge is 2.21. The number of hydrogen-bond acceptors (Lipinski definition) is 4. The molecule has 1 heterocycles. The molecule has 0 unspecified atom stereocenters. The van der Waals surface area contributed by atoms with E-state index in [4.69, 9.17) is 5.26 Å². The van der Waals surface area contributed by atoms with Gasteiger partial charge in [-0.25, -0.2) is 0 Å². The molecular formula is C20H20N4O2. The van der Waals surface area contributed by atoms with Gasteiger partial charge in [-0.2, -0.15) is 5.26 Å². The molecule has 0 aliphatic carbocycles. The first-order valence-electron chi connectivity index (χ1n) is 8.49. The van der Waals surface area contributed by atoms with Gasteiger partial charge in [-0.1, -0.05) is 18.2 Å². The number of carbonyl (C=O) groups is 2. The molecular weight excluding hydrogens is 328 g/mol. The Hall–Kier alpha value is -3.33. The molecule has 0 radical (unpaired) electrons. The average Bonchev–Trinajstić information content (AvgIpc) is 2.68. The molecule has 1 N–H and O–H groups in total. The zero-order chi connectivity index (χ0) is 18.5. The van der Waals surface area contributed by atoms with E-state index in [0.29, 0.717) is 24.2 Å². The Morgan fingerprint density at radius 3 is 2.46 bits per heavy atom. The Labute approximate surface area is 152 Å². The van der Waals surface area contributed by atoms with Gasteiger partial charge in [0.25, 0.3) is 5.91 Å². The quantitative estimate of drug-likeness (QED) is 0.924. The van der Waals surface area contributed by atoms with E-state index in [-0.39, 0.29) is 11.8 Å². The second-order valence-corrected chi connectivity index (χ2v) is 6.16. The molecule has 0 saturated carbocycles. The number of benzene rings is 2. The number of nitrogens with zero attached hydrogens (tertiary/aromatic N) is 3. The monoisotopic (exact) mass is 348 g/mol. The molecule has 2 aromatic carbocycles. The van der Waals surface area contributed by atoms with Gasteiger partial charge in [0.15, 0.2) is 0 Å². The summed E-state index contributed by atoms with van der Waals surface area (Å²) in [6.45, 7) is 4.36. The average molecular weight is 348 g/mol. The van der Waals surface area contributed by atoms with Gasteiger partial charge in [0.1, 0.15) is 0 Å². The maximum atomic E-state index is 12.6. The third-order valence-electron chi connectivity index (χ3n) is 4.47. The minimum atomic E-state index is -0.253. The maximum Gasteiger partial charge on any atom is 0.255 e. The third-order valence-corrected chi connectivity index (χ3v) is 4.47. The zero-order valence-corrected chi connectivity index (χ0v) is 14.6. The first-order valence-corrected chi connectivity index (χ1v) is 8.49. The van der Waals surface area contributed by atoms with Crippen LogP contribution in [0, 0.1) is 11.3 Å². The van der Waals surface area contributed by atoms with Crippen molar-refractivity contribution < 1.29 is 9.59 Å². The number of rotatable bonds is 3. The molecule has 132 valence electrons. The Morgan fingerprint density at radius 2 is 1.77 bits per heavy atom. The molecule has 6 heteroatoms. The smallest absolute Gasteiger partial charge is 0.255 e. The van der Waals surface area contributed by atoms with Crippen LogP contribution in [0.15, 0.2) is 48.5 Å². The summed E-state index contributed by atoms with van der Waals surface area (Å²) in [5.74, 6) is -0.166. The predicted octanol–water partition coefficient (Wildman–Crippen LogP) is 2.48. The van der Waals surface area contributed by atoms with E-state index in [1.807, 2.05) is 35.2 Å². The van der Waals surface area contributed by atoms with E-state index in [2.05, 4.69) is 10.2 Å². The van der Waals surface area contributed by atoms with E-state index >= 15 is 0 Å². The molecule has 1 saturated heterocycles. The van der Waals surface area contributed by atoms with Gasteiger partial charge in [-0.3, -0.25) is 9.59 Å². The first kappa shape index (κ1) is 17.5. The van der Waals surface area contributed by atoms with Crippen LogP contribution in [0.2, 0.25) is 0 Å². The predicted molar refractivity (Wildman–Crippen MR) is 100 cm³/mol. The number of hydrogen-bond donors (Lipinski definition) is 1. The minimum absolute atomic E-state index is 0.0867. The molecule has 3 rings (SSSR count). The maximum absolute atomic E-state index is 12.6. The SMILES string of the molecule is CC(=O)N1CCN(c2ccccc2NC(=O)c2cccc(C#N)c2)CC1. The van der Waals surface area contributed by atoms with Gasteiger partial charge in [-0.05, 0) is 30.3 Å². The highest BCUT2D eigenvalue weighted by molar-refractivity contribution is 6.06. The summed E-state index contributed by atoms with van der Waals surface area (Å²) in [5, 5.41) is 11.9. The fourth-order valence-corrected chi connectivity index (χ4v) is 3.04. The Morgan fingerprint density at radius 1 is 1.04 bits per heavy atom. The van der Waals surface area contributed by atoms with Crippen LogP contribution >= 0.6 is 0 Å². The number of anilines is 2. The first-order chi connectivity index (χ1) is 12.6. The summed E-state index contributed by atoms with van der Waals surface area (Å²) in [4.78, 5) is 28.0. The third kappa shape index (κ3) is 3.83. The largest absolute Gasteiger partial charge is 0.366 e.